The minimum atomic E-state index is 0.462. The number of rotatable bonds is 11. The molecule has 0 fully saturated rings. The van der Waals surface area contributed by atoms with E-state index in [9.17, 15) is 0 Å². The predicted molar refractivity (Wildman–Crippen MR) is 75.4 cm³/mol. The Morgan fingerprint density at radius 1 is 1.35 bits per heavy atom. The van der Waals surface area contributed by atoms with Crippen molar-refractivity contribution in [3.63, 3.8) is 0 Å². The summed E-state index contributed by atoms with van der Waals surface area (Å²) in [6, 6.07) is 0.462. The second-order valence-electron chi connectivity index (χ2n) is 5.07. The molecule has 0 aromatic rings. The lowest BCUT2D eigenvalue weighted by Gasteiger charge is -2.28. The Morgan fingerprint density at radius 2 is 2.06 bits per heavy atom. The number of allylic oxidation sites excluding steroid dienone is 1. The van der Waals surface area contributed by atoms with Gasteiger partial charge in [0, 0.05) is 19.7 Å². The summed E-state index contributed by atoms with van der Waals surface area (Å²) in [4.78, 5) is 2.38. The van der Waals surface area contributed by atoms with Crippen molar-refractivity contribution in [2.75, 3.05) is 40.4 Å². The van der Waals surface area contributed by atoms with E-state index in [0.29, 0.717) is 12.0 Å². The SMILES string of the molecule is C=CCCCN(C)C(CNCC(C)C)COC. The van der Waals surface area contributed by atoms with Gasteiger partial charge in [-0.2, -0.15) is 0 Å². The average Bonchev–Trinajstić information content (AvgIpc) is 2.27. The third-order valence-corrected chi connectivity index (χ3v) is 2.83. The molecule has 3 nitrogen and oxygen atoms in total. The fraction of sp³-hybridized carbons (Fsp3) is 0.857. The zero-order chi connectivity index (χ0) is 13.1. The predicted octanol–water partition coefficient (Wildman–Crippen LogP) is 2.14. The molecule has 0 spiro atoms. The number of methoxy groups -OCH3 is 1. The van der Waals surface area contributed by atoms with Crippen LogP contribution in [-0.2, 0) is 4.74 Å². The Kier molecular flexibility index (Phi) is 10.5. The van der Waals surface area contributed by atoms with Gasteiger partial charge in [0.25, 0.3) is 0 Å². The molecule has 0 amide bonds. The van der Waals surface area contributed by atoms with Gasteiger partial charge in [-0.05, 0) is 38.9 Å². The minimum absolute atomic E-state index is 0.462. The summed E-state index contributed by atoms with van der Waals surface area (Å²) in [6.07, 6.45) is 4.24. The van der Waals surface area contributed by atoms with Crippen LogP contribution in [0.3, 0.4) is 0 Å². The van der Waals surface area contributed by atoms with E-state index in [-0.39, 0.29) is 0 Å². The van der Waals surface area contributed by atoms with Crippen molar-refractivity contribution < 1.29 is 4.74 Å². The molecule has 0 aliphatic rings. The van der Waals surface area contributed by atoms with Crippen molar-refractivity contribution in [2.45, 2.75) is 32.7 Å². The fourth-order valence-corrected chi connectivity index (χ4v) is 1.74. The molecule has 0 rings (SSSR count). The van der Waals surface area contributed by atoms with E-state index in [1.54, 1.807) is 7.11 Å². The second-order valence-corrected chi connectivity index (χ2v) is 5.07. The van der Waals surface area contributed by atoms with Crippen molar-refractivity contribution in [3.05, 3.63) is 12.7 Å². The molecule has 0 aromatic heterocycles. The molecular formula is C14H30N2O. The summed E-state index contributed by atoms with van der Waals surface area (Å²) in [5.41, 5.74) is 0. The highest BCUT2D eigenvalue weighted by Crippen LogP contribution is 2.01. The van der Waals surface area contributed by atoms with Gasteiger partial charge in [-0.25, -0.2) is 0 Å². The molecule has 17 heavy (non-hydrogen) atoms. The van der Waals surface area contributed by atoms with Gasteiger partial charge < -0.3 is 10.1 Å². The number of likely N-dealkylation sites (N-methyl/N-ethyl adjacent to an activating group) is 1. The minimum Gasteiger partial charge on any atom is -0.383 e. The monoisotopic (exact) mass is 242 g/mol. The maximum absolute atomic E-state index is 5.29. The number of hydrogen-bond acceptors (Lipinski definition) is 3. The van der Waals surface area contributed by atoms with Crippen LogP contribution in [0.4, 0.5) is 0 Å². The summed E-state index contributed by atoms with van der Waals surface area (Å²) < 4.78 is 5.29. The van der Waals surface area contributed by atoms with Gasteiger partial charge >= 0.3 is 0 Å². The molecule has 102 valence electrons. The highest BCUT2D eigenvalue weighted by molar-refractivity contribution is 4.73. The molecule has 1 N–H and O–H groups in total. The van der Waals surface area contributed by atoms with Crippen LogP contribution in [0.2, 0.25) is 0 Å². The lowest BCUT2D eigenvalue weighted by atomic mass is 10.2. The van der Waals surface area contributed by atoms with Crippen molar-refractivity contribution in [3.8, 4) is 0 Å². The smallest absolute Gasteiger partial charge is 0.0630 e. The van der Waals surface area contributed by atoms with Crippen LogP contribution >= 0.6 is 0 Å². The standard InChI is InChI=1S/C14H30N2O/c1-6-7-8-9-16(4)14(12-17-5)11-15-10-13(2)3/h6,13-15H,1,7-12H2,2-5H3. The Labute approximate surface area is 107 Å². The van der Waals surface area contributed by atoms with Crippen LogP contribution in [0.5, 0.6) is 0 Å². The molecule has 3 heteroatoms. The molecule has 0 radical (unpaired) electrons. The van der Waals surface area contributed by atoms with Gasteiger partial charge in [-0.3, -0.25) is 4.90 Å². The van der Waals surface area contributed by atoms with E-state index in [4.69, 9.17) is 4.74 Å². The number of unbranched alkanes of at least 4 members (excludes halogenated alkanes) is 1. The molecular weight excluding hydrogens is 212 g/mol. The average molecular weight is 242 g/mol. The van der Waals surface area contributed by atoms with Gasteiger partial charge in [-0.1, -0.05) is 19.9 Å². The molecule has 0 aromatic carbocycles. The Morgan fingerprint density at radius 3 is 2.59 bits per heavy atom. The van der Waals surface area contributed by atoms with Crippen LogP contribution in [0, 0.1) is 5.92 Å². The summed E-state index contributed by atoms with van der Waals surface area (Å²) in [5.74, 6) is 0.698. The van der Waals surface area contributed by atoms with Gasteiger partial charge in [0.05, 0.1) is 6.61 Å². The van der Waals surface area contributed by atoms with E-state index < -0.39 is 0 Å². The lowest BCUT2D eigenvalue weighted by molar-refractivity contribution is 0.104. The Bertz CT molecular complexity index is 183. The molecule has 0 saturated heterocycles. The molecule has 0 heterocycles. The van der Waals surface area contributed by atoms with Gasteiger partial charge in [0.2, 0.25) is 0 Å². The third kappa shape index (κ3) is 9.33. The largest absolute Gasteiger partial charge is 0.383 e. The van der Waals surface area contributed by atoms with Crippen LogP contribution < -0.4 is 5.32 Å². The first-order valence-corrected chi connectivity index (χ1v) is 6.62. The number of nitrogens with zero attached hydrogens (tertiary/aromatic N) is 1. The Hall–Kier alpha value is -0.380. The zero-order valence-electron chi connectivity index (χ0n) is 12.0. The van der Waals surface area contributed by atoms with Crippen molar-refractivity contribution in [1.82, 2.24) is 10.2 Å². The summed E-state index contributed by atoms with van der Waals surface area (Å²) >= 11 is 0. The highest BCUT2D eigenvalue weighted by atomic mass is 16.5. The van der Waals surface area contributed by atoms with Crippen LogP contribution in [0.1, 0.15) is 26.7 Å². The summed E-state index contributed by atoms with van der Waals surface area (Å²) in [6.45, 7) is 12.2. The van der Waals surface area contributed by atoms with Crippen LogP contribution in [-0.4, -0.2) is 51.3 Å². The van der Waals surface area contributed by atoms with Crippen LogP contribution in [0.15, 0.2) is 12.7 Å². The summed E-state index contributed by atoms with van der Waals surface area (Å²) in [7, 11) is 3.94. The first kappa shape index (κ1) is 16.6. The van der Waals surface area contributed by atoms with Gasteiger partial charge in [0.15, 0.2) is 0 Å². The van der Waals surface area contributed by atoms with E-state index >= 15 is 0 Å². The van der Waals surface area contributed by atoms with Gasteiger partial charge in [0.1, 0.15) is 0 Å². The maximum atomic E-state index is 5.29. The van der Waals surface area contributed by atoms with Crippen molar-refractivity contribution in [2.24, 2.45) is 5.92 Å². The molecule has 0 aliphatic carbocycles. The normalized spacial score (nSPS) is 13.3. The topological polar surface area (TPSA) is 24.5 Å². The Balaban J connectivity index is 3.88. The first-order valence-electron chi connectivity index (χ1n) is 6.62. The van der Waals surface area contributed by atoms with E-state index in [1.807, 2.05) is 6.08 Å². The molecule has 1 atom stereocenters. The maximum Gasteiger partial charge on any atom is 0.0630 e. The van der Waals surface area contributed by atoms with E-state index in [2.05, 4.69) is 37.7 Å². The number of hydrogen-bond donors (Lipinski definition) is 1. The van der Waals surface area contributed by atoms with E-state index in [1.165, 1.54) is 6.42 Å². The highest BCUT2D eigenvalue weighted by Gasteiger charge is 2.13. The van der Waals surface area contributed by atoms with Crippen molar-refractivity contribution in [1.29, 1.82) is 0 Å². The first-order chi connectivity index (χ1) is 8.11. The zero-order valence-corrected chi connectivity index (χ0v) is 12.0. The molecule has 0 bridgehead atoms. The molecule has 0 aliphatic heterocycles. The van der Waals surface area contributed by atoms with Crippen LogP contribution in [0.25, 0.3) is 0 Å². The second kappa shape index (κ2) is 10.8. The lowest BCUT2D eigenvalue weighted by Crippen LogP contribution is -2.44. The van der Waals surface area contributed by atoms with Gasteiger partial charge in [-0.15, -0.1) is 6.58 Å². The summed E-state index contributed by atoms with van der Waals surface area (Å²) in [5, 5.41) is 3.50. The third-order valence-electron chi connectivity index (χ3n) is 2.83. The molecule has 0 saturated carbocycles. The quantitative estimate of drug-likeness (QED) is 0.444. The molecule has 1 unspecified atom stereocenters. The van der Waals surface area contributed by atoms with Crippen molar-refractivity contribution >= 4 is 0 Å². The fourth-order valence-electron chi connectivity index (χ4n) is 1.74. The number of ether oxygens (including phenoxy) is 1. The van der Waals surface area contributed by atoms with E-state index in [0.717, 1.165) is 32.7 Å². The number of nitrogens with one attached hydrogen (secondary N) is 1.